The molecule has 0 fully saturated rings. The maximum atomic E-state index is 9.89. The minimum absolute atomic E-state index is 0.327. The lowest BCUT2D eigenvalue weighted by Crippen LogP contribution is -2.27. The van der Waals surface area contributed by atoms with Gasteiger partial charge in [-0.1, -0.05) is 41.5 Å². The topological polar surface area (TPSA) is 89.2 Å². The van der Waals surface area contributed by atoms with E-state index in [9.17, 15) is 10.4 Å². The van der Waals surface area contributed by atoms with Crippen LogP contribution in [0, 0.1) is 34.6 Å². The highest BCUT2D eigenvalue weighted by Gasteiger charge is 2.19. The number of hydrogen-bond acceptors (Lipinski definition) is 4. The Balaban J connectivity index is 2.16. The number of rotatable bonds is 4. The quantitative estimate of drug-likeness (QED) is 0.262. The summed E-state index contributed by atoms with van der Waals surface area (Å²) in [6, 6.07) is 17.4. The molecule has 0 atom stereocenters. The number of amidine groups is 2. The number of aryl methyl sites for hydroxylation is 4. The smallest absolute Gasteiger partial charge is 0.157 e. The first-order valence-corrected chi connectivity index (χ1v) is 10.1. The molecule has 0 saturated heterocycles. The molecule has 31 heavy (non-hydrogen) atoms. The summed E-state index contributed by atoms with van der Waals surface area (Å²) < 4.78 is 0. The van der Waals surface area contributed by atoms with Crippen molar-refractivity contribution in [2.24, 2.45) is 9.98 Å². The Morgan fingerprint density at radius 2 is 0.968 bits per heavy atom. The summed E-state index contributed by atoms with van der Waals surface area (Å²) in [7, 11) is 0. The molecular formula is C25H28N4O2. The molecule has 3 rings (SSSR count). The zero-order chi connectivity index (χ0) is 22.5. The maximum Gasteiger partial charge on any atom is 0.157 e. The Labute approximate surface area is 182 Å². The Kier molecular flexibility index (Phi) is 6.84. The zero-order valence-electron chi connectivity index (χ0n) is 18.5. The predicted molar refractivity (Wildman–Crippen MR) is 125 cm³/mol. The second-order valence-corrected chi connectivity index (χ2v) is 7.70. The van der Waals surface area contributed by atoms with Gasteiger partial charge in [0, 0.05) is 11.1 Å². The number of nitrogens with one attached hydrogen (secondary N) is 2. The standard InChI is InChI=1S/C25H28N4O2/c1-15-6-10-20(11-7-15)26-24(28-30)22-17(3)14-18(4)23(19(22)5)25(29-31)27-21-12-8-16(2)9-13-21/h6-14,30-31H,1-5H3,(H,26,28)(H,27,29). The first-order valence-electron chi connectivity index (χ1n) is 10.1. The largest absolute Gasteiger partial charge is 0.290 e. The molecule has 0 saturated carbocycles. The van der Waals surface area contributed by atoms with E-state index in [1.807, 2.05) is 89.2 Å². The van der Waals surface area contributed by atoms with Crippen LogP contribution in [-0.4, -0.2) is 22.1 Å². The van der Waals surface area contributed by atoms with Gasteiger partial charge in [-0.2, -0.15) is 0 Å². The summed E-state index contributed by atoms with van der Waals surface area (Å²) >= 11 is 0. The van der Waals surface area contributed by atoms with Gasteiger partial charge in [0.25, 0.3) is 0 Å². The maximum absolute atomic E-state index is 9.89. The molecule has 0 heterocycles. The fourth-order valence-corrected chi connectivity index (χ4v) is 3.68. The van der Waals surface area contributed by atoms with E-state index < -0.39 is 0 Å². The highest BCUT2D eigenvalue weighted by Crippen LogP contribution is 2.26. The zero-order valence-corrected chi connectivity index (χ0v) is 18.5. The van der Waals surface area contributed by atoms with Crippen molar-refractivity contribution >= 4 is 23.0 Å². The van der Waals surface area contributed by atoms with Gasteiger partial charge < -0.3 is 0 Å². The van der Waals surface area contributed by atoms with Gasteiger partial charge in [-0.15, -0.1) is 0 Å². The molecule has 0 bridgehead atoms. The average Bonchev–Trinajstić information content (AvgIpc) is 2.74. The molecule has 6 nitrogen and oxygen atoms in total. The predicted octanol–water partition coefficient (Wildman–Crippen LogP) is 5.34. The molecule has 3 aromatic carbocycles. The minimum atomic E-state index is 0.327. The van der Waals surface area contributed by atoms with Crippen molar-refractivity contribution in [1.82, 2.24) is 11.0 Å². The molecule has 0 spiro atoms. The summed E-state index contributed by atoms with van der Waals surface area (Å²) in [5.41, 5.74) is 12.4. The van der Waals surface area contributed by atoms with E-state index in [1.54, 1.807) is 0 Å². The van der Waals surface area contributed by atoms with Crippen LogP contribution in [0.15, 0.2) is 64.6 Å². The van der Waals surface area contributed by atoms with Crippen molar-refractivity contribution in [3.05, 3.63) is 93.5 Å². The van der Waals surface area contributed by atoms with E-state index >= 15 is 0 Å². The van der Waals surface area contributed by atoms with Crippen LogP contribution in [-0.2, 0) is 0 Å². The van der Waals surface area contributed by atoms with Crippen molar-refractivity contribution in [3.8, 4) is 0 Å². The van der Waals surface area contributed by atoms with E-state index in [1.165, 1.54) is 0 Å². The van der Waals surface area contributed by atoms with Gasteiger partial charge in [0.05, 0.1) is 11.4 Å². The third kappa shape index (κ3) is 4.99. The summed E-state index contributed by atoms with van der Waals surface area (Å²) in [5.74, 6) is 0.653. The van der Waals surface area contributed by atoms with Gasteiger partial charge in [0.2, 0.25) is 0 Å². The lowest BCUT2D eigenvalue weighted by Gasteiger charge is -2.19. The molecule has 0 aliphatic rings. The van der Waals surface area contributed by atoms with Crippen LogP contribution in [0.25, 0.3) is 0 Å². The van der Waals surface area contributed by atoms with Gasteiger partial charge in [0.15, 0.2) is 11.7 Å². The van der Waals surface area contributed by atoms with E-state index in [0.717, 1.165) is 50.3 Å². The third-order valence-corrected chi connectivity index (χ3v) is 5.21. The minimum Gasteiger partial charge on any atom is -0.290 e. The van der Waals surface area contributed by atoms with Gasteiger partial charge in [0.1, 0.15) is 0 Å². The number of nitrogens with zero attached hydrogens (tertiary/aromatic N) is 2. The molecule has 3 aromatic rings. The molecular weight excluding hydrogens is 388 g/mol. The van der Waals surface area contributed by atoms with E-state index in [4.69, 9.17) is 0 Å². The van der Waals surface area contributed by atoms with Gasteiger partial charge in [-0.05, 0) is 75.6 Å². The number of benzene rings is 3. The van der Waals surface area contributed by atoms with Crippen molar-refractivity contribution in [2.75, 3.05) is 0 Å². The Bertz CT molecular complexity index is 1040. The molecule has 0 aliphatic carbocycles. The highest BCUT2D eigenvalue weighted by atomic mass is 16.5. The molecule has 4 N–H and O–H groups in total. The van der Waals surface area contributed by atoms with Crippen LogP contribution in [0.2, 0.25) is 0 Å². The number of aliphatic imine (C=N–C) groups is 2. The Hall–Kier alpha value is -3.48. The van der Waals surface area contributed by atoms with Crippen molar-refractivity contribution in [2.45, 2.75) is 34.6 Å². The summed E-state index contributed by atoms with van der Waals surface area (Å²) in [6.07, 6.45) is 0. The molecule has 0 unspecified atom stereocenters. The molecule has 6 heteroatoms. The van der Waals surface area contributed by atoms with Crippen molar-refractivity contribution in [3.63, 3.8) is 0 Å². The third-order valence-electron chi connectivity index (χ3n) is 5.21. The molecule has 0 radical (unpaired) electrons. The number of hydroxylamine groups is 2. The normalized spacial score (nSPS) is 12.1. The molecule has 0 aromatic heterocycles. The highest BCUT2D eigenvalue weighted by molar-refractivity contribution is 6.08. The Morgan fingerprint density at radius 1 is 0.613 bits per heavy atom. The summed E-state index contributed by atoms with van der Waals surface area (Å²) in [6.45, 7) is 9.87. The van der Waals surface area contributed by atoms with Crippen LogP contribution in [0.3, 0.4) is 0 Å². The fraction of sp³-hybridized carbons (Fsp3) is 0.200. The molecule has 0 amide bonds. The second kappa shape index (κ2) is 9.55. The van der Waals surface area contributed by atoms with E-state index in [-0.39, 0.29) is 0 Å². The summed E-state index contributed by atoms with van der Waals surface area (Å²) in [5, 5.41) is 19.8. The van der Waals surface area contributed by atoms with Gasteiger partial charge in [-0.25, -0.2) is 9.98 Å². The lowest BCUT2D eigenvalue weighted by atomic mass is 9.92. The van der Waals surface area contributed by atoms with Crippen molar-refractivity contribution in [1.29, 1.82) is 0 Å². The monoisotopic (exact) mass is 416 g/mol. The van der Waals surface area contributed by atoms with Crippen LogP contribution in [0.4, 0.5) is 11.4 Å². The van der Waals surface area contributed by atoms with Crippen LogP contribution in [0.5, 0.6) is 0 Å². The first-order chi connectivity index (χ1) is 14.8. The lowest BCUT2D eigenvalue weighted by molar-refractivity contribution is 0.234. The molecule has 160 valence electrons. The van der Waals surface area contributed by atoms with E-state index in [2.05, 4.69) is 20.9 Å². The fourth-order valence-electron chi connectivity index (χ4n) is 3.68. The number of hydrogen-bond donors (Lipinski definition) is 4. The van der Waals surface area contributed by atoms with Gasteiger partial charge in [-0.3, -0.25) is 21.4 Å². The van der Waals surface area contributed by atoms with Gasteiger partial charge >= 0.3 is 0 Å². The SMILES string of the molecule is Cc1ccc(N=C(NO)c2c(C)cc(C)c(C(=Nc3ccc(C)cc3)NO)c2C)cc1. The molecule has 0 aliphatic heterocycles. The summed E-state index contributed by atoms with van der Waals surface area (Å²) in [4.78, 5) is 9.19. The second-order valence-electron chi connectivity index (χ2n) is 7.70. The van der Waals surface area contributed by atoms with Crippen LogP contribution in [0.1, 0.15) is 38.9 Å². The van der Waals surface area contributed by atoms with Crippen LogP contribution < -0.4 is 11.0 Å². The first kappa shape index (κ1) is 22.2. The van der Waals surface area contributed by atoms with E-state index in [0.29, 0.717) is 11.7 Å². The van der Waals surface area contributed by atoms with Crippen LogP contribution >= 0.6 is 0 Å². The average molecular weight is 417 g/mol. The Morgan fingerprint density at radius 3 is 1.29 bits per heavy atom. The van der Waals surface area contributed by atoms with Crippen molar-refractivity contribution < 1.29 is 10.4 Å².